The van der Waals surface area contributed by atoms with E-state index in [1.54, 1.807) is 11.0 Å². The van der Waals surface area contributed by atoms with Crippen molar-refractivity contribution in [1.82, 2.24) is 19.6 Å². The van der Waals surface area contributed by atoms with Gasteiger partial charge in [-0.1, -0.05) is 44.5 Å². The summed E-state index contributed by atoms with van der Waals surface area (Å²) in [6.45, 7) is 10.6. The zero-order valence-corrected chi connectivity index (χ0v) is 31.0. The molecule has 2 aromatic carbocycles. The number of ether oxygens (including phenoxy) is 1. The molecule has 0 unspecified atom stereocenters. The van der Waals surface area contributed by atoms with E-state index in [1.165, 1.54) is 45.0 Å². The molecule has 49 heavy (non-hydrogen) atoms. The van der Waals surface area contributed by atoms with Crippen molar-refractivity contribution in [1.29, 1.82) is 0 Å². The van der Waals surface area contributed by atoms with Crippen LogP contribution in [-0.2, 0) is 22.4 Å². The molecule has 0 radical (unpaired) electrons. The molecule has 268 valence electrons. The fraction of sp³-hybridized carbons (Fsp3) is 0.605. The lowest BCUT2D eigenvalue weighted by atomic mass is 9.91. The summed E-state index contributed by atoms with van der Waals surface area (Å²) in [6, 6.07) is 14.2. The number of carbonyl (C=O) groups is 3. The van der Waals surface area contributed by atoms with E-state index in [9.17, 15) is 19.5 Å². The number of hydrogen-bond acceptors (Lipinski definition) is 6. The molecule has 0 aromatic heterocycles. The monoisotopic (exact) mass is 739 g/mol. The maximum absolute atomic E-state index is 12.9. The van der Waals surface area contributed by atoms with Crippen molar-refractivity contribution in [3.8, 4) is 5.75 Å². The number of carbonyl (C=O) groups excluding carboxylic acids is 3. The first-order valence-corrected chi connectivity index (χ1v) is 18.9. The maximum Gasteiger partial charge on any atom is 0.409 e. The first-order chi connectivity index (χ1) is 23.7. The van der Waals surface area contributed by atoms with Gasteiger partial charge in [-0.05, 0) is 116 Å². The van der Waals surface area contributed by atoms with Gasteiger partial charge in [0.05, 0.1) is 11.6 Å². The highest BCUT2D eigenvalue weighted by Crippen LogP contribution is 2.28. The van der Waals surface area contributed by atoms with Crippen molar-refractivity contribution >= 4 is 39.6 Å². The number of likely N-dealkylation sites (tertiary alicyclic amines) is 3. The molecule has 0 aliphatic carbocycles. The quantitative estimate of drug-likeness (QED) is 0.340. The lowest BCUT2D eigenvalue weighted by molar-refractivity contribution is -0.136. The third-order valence-electron chi connectivity index (χ3n) is 11.0. The number of piperidine rings is 3. The van der Waals surface area contributed by atoms with Gasteiger partial charge in [-0.3, -0.25) is 4.79 Å². The summed E-state index contributed by atoms with van der Waals surface area (Å²) in [5.41, 5.74) is 3.15. The molecular formula is C38H54BrN5O5. The lowest BCUT2D eigenvalue weighted by Crippen LogP contribution is -2.50. The van der Waals surface area contributed by atoms with Crippen LogP contribution in [0.5, 0.6) is 5.75 Å². The molecule has 3 saturated heterocycles. The highest BCUT2D eigenvalue weighted by molar-refractivity contribution is 9.10. The van der Waals surface area contributed by atoms with Crippen LogP contribution in [0.4, 0.5) is 15.3 Å². The second-order valence-electron chi connectivity index (χ2n) is 14.1. The Morgan fingerprint density at radius 1 is 0.918 bits per heavy atom. The summed E-state index contributed by atoms with van der Waals surface area (Å²) in [5, 5.41) is 12.6. The van der Waals surface area contributed by atoms with E-state index in [-0.39, 0.29) is 35.7 Å². The maximum atomic E-state index is 12.9. The Balaban J connectivity index is 0.000000195. The number of urea groups is 1. The van der Waals surface area contributed by atoms with Crippen LogP contribution in [0.3, 0.4) is 0 Å². The summed E-state index contributed by atoms with van der Waals surface area (Å²) >= 11 is 3.35. The number of para-hydroxylation sites is 1. The number of phenols is 1. The van der Waals surface area contributed by atoms with Crippen LogP contribution >= 0.6 is 15.9 Å². The molecule has 0 saturated carbocycles. The first kappa shape index (κ1) is 37.0. The molecule has 4 aliphatic heterocycles. The van der Waals surface area contributed by atoms with Crippen LogP contribution in [-0.4, -0.2) is 108 Å². The minimum absolute atomic E-state index is 0.0294. The number of hydrogen-bond donors (Lipinski definition) is 2. The molecule has 4 amide bonds. The Morgan fingerprint density at radius 2 is 1.57 bits per heavy atom. The van der Waals surface area contributed by atoms with Crippen molar-refractivity contribution in [2.75, 3.05) is 58.2 Å². The number of rotatable bonds is 6. The standard InChI is InChI=1S/C22H33BrN2O2.C16H21N3O3/c1-3-17-6-10-24(11-7-17)19-8-12-25(13-9-19)22(27)16(2)14-18-4-5-21(26)20(23)15-18;1-22-16(21)18-9-7-13(8-10-18)19-11-6-12-4-2-3-5-14(12)17-15(19)20/h4-5,15-17,19,26H,3,6-14H2,1-2H3;2-5,13H,6-11H2,1H3,(H,17,20)/t16-;/m1./s1. The van der Waals surface area contributed by atoms with E-state index in [0.29, 0.717) is 36.6 Å². The van der Waals surface area contributed by atoms with Crippen molar-refractivity contribution in [2.45, 2.75) is 83.7 Å². The van der Waals surface area contributed by atoms with E-state index in [2.05, 4.69) is 44.0 Å². The summed E-state index contributed by atoms with van der Waals surface area (Å²) in [5.74, 6) is 1.40. The van der Waals surface area contributed by atoms with Crippen LogP contribution < -0.4 is 5.32 Å². The van der Waals surface area contributed by atoms with Gasteiger partial charge in [-0.25, -0.2) is 9.59 Å². The number of methoxy groups -OCH3 is 1. The topological polar surface area (TPSA) is 106 Å². The third-order valence-corrected chi connectivity index (χ3v) is 11.6. The Labute approximate surface area is 300 Å². The average Bonchev–Trinajstić information content (AvgIpc) is 3.31. The number of amides is 4. The van der Waals surface area contributed by atoms with E-state index in [1.807, 2.05) is 42.2 Å². The Kier molecular flexibility index (Phi) is 13.2. The normalized spacial score (nSPS) is 20.4. The van der Waals surface area contributed by atoms with Gasteiger partial charge in [0.15, 0.2) is 0 Å². The van der Waals surface area contributed by atoms with Gasteiger partial charge >= 0.3 is 12.1 Å². The van der Waals surface area contributed by atoms with Gasteiger partial charge in [0.2, 0.25) is 5.91 Å². The van der Waals surface area contributed by atoms with E-state index in [0.717, 1.165) is 62.4 Å². The largest absolute Gasteiger partial charge is 0.507 e. The minimum atomic E-state index is -0.286. The van der Waals surface area contributed by atoms with E-state index in [4.69, 9.17) is 4.74 Å². The molecule has 4 heterocycles. The minimum Gasteiger partial charge on any atom is -0.507 e. The smallest absolute Gasteiger partial charge is 0.409 e. The number of nitrogens with zero attached hydrogens (tertiary/aromatic N) is 4. The molecule has 11 heteroatoms. The number of nitrogens with one attached hydrogen (secondary N) is 1. The zero-order chi connectivity index (χ0) is 34.9. The highest BCUT2D eigenvalue weighted by Gasteiger charge is 2.32. The number of fused-ring (bicyclic) bond motifs is 1. The second-order valence-corrected chi connectivity index (χ2v) is 14.9. The molecule has 4 aliphatic rings. The summed E-state index contributed by atoms with van der Waals surface area (Å²) in [7, 11) is 1.40. The zero-order valence-electron chi connectivity index (χ0n) is 29.4. The van der Waals surface area contributed by atoms with Gasteiger partial charge in [-0.2, -0.15) is 0 Å². The molecule has 2 N–H and O–H groups in total. The van der Waals surface area contributed by atoms with Gasteiger partial charge in [-0.15, -0.1) is 0 Å². The van der Waals surface area contributed by atoms with Gasteiger partial charge in [0.1, 0.15) is 5.75 Å². The number of benzene rings is 2. The van der Waals surface area contributed by atoms with Gasteiger partial charge < -0.3 is 34.8 Å². The molecular weight excluding hydrogens is 686 g/mol. The molecule has 3 fully saturated rings. The van der Waals surface area contributed by atoms with Crippen molar-refractivity contribution < 1.29 is 24.2 Å². The predicted octanol–water partition coefficient (Wildman–Crippen LogP) is 6.75. The number of phenolic OH excluding ortho intramolecular Hbond substituents is 1. The molecule has 1 atom stereocenters. The third kappa shape index (κ3) is 9.69. The Bertz CT molecular complexity index is 1420. The highest BCUT2D eigenvalue weighted by atomic mass is 79.9. The number of halogens is 1. The summed E-state index contributed by atoms with van der Waals surface area (Å²) in [6.07, 6.45) is 9.08. The molecule has 2 aromatic rings. The fourth-order valence-corrected chi connectivity index (χ4v) is 8.26. The fourth-order valence-electron chi connectivity index (χ4n) is 7.83. The molecule has 6 rings (SSSR count). The lowest BCUT2D eigenvalue weighted by Gasteiger charge is -2.42. The van der Waals surface area contributed by atoms with Gasteiger partial charge in [0.25, 0.3) is 0 Å². The Morgan fingerprint density at radius 3 is 2.22 bits per heavy atom. The summed E-state index contributed by atoms with van der Waals surface area (Å²) < 4.78 is 5.44. The van der Waals surface area contributed by atoms with E-state index < -0.39 is 0 Å². The first-order valence-electron chi connectivity index (χ1n) is 18.1. The van der Waals surface area contributed by atoms with Crippen LogP contribution in [0.2, 0.25) is 0 Å². The van der Waals surface area contributed by atoms with Crippen molar-refractivity contribution in [3.63, 3.8) is 0 Å². The summed E-state index contributed by atoms with van der Waals surface area (Å²) in [4.78, 5) is 45.2. The van der Waals surface area contributed by atoms with Gasteiger partial charge in [0, 0.05) is 56.4 Å². The SMILES string of the molecule is CCC1CCN(C2CCN(C(=O)[C@H](C)Cc3ccc(O)c(Br)c3)CC2)CC1.COC(=O)N1CCC(N2CCc3ccccc3NC2=O)CC1. The van der Waals surface area contributed by atoms with Crippen LogP contribution in [0, 0.1) is 11.8 Å². The number of anilines is 1. The molecule has 0 spiro atoms. The second kappa shape index (κ2) is 17.6. The average molecular weight is 741 g/mol. The number of aromatic hydroxyl groups is 1. The van der Waals surface area contributed by atoms with Crippen molar-refractivity contribution in [3.05, 3.63) is 58.1 Å². The predicted molar refractivity (Wildman–Crippen MR) is 196 cm³/mol. The van der Waals surface area contributed by atoms with Crippen LogP contribution in [0.25, 0.3) is 0 Å². The van der Waals surface area contributed by atoms with Crippen LogP contribution in [0.1, 0.15) is 69.9 Å². The molecule has 10 nitrogen and oxygen atoms in total. The van der Waals surface area contributed by atoms with Crippen molar-refractivity contribution in [2.24, 2.45) is 11.8 Å². The van der Waals surface area contributed by atoms with E-state index >= 15 is 0 Å². The van der Waals surface area contributed by atoms with Crippen LogP contribution in [0.15, 0.2) is 46.9 Å². The molecule has 0 bridgehead atoms. The Hall–Kier alpha value is -3.31.